The van der Waals surface area contributed by atoms with Crippen LogP contribution in [0.25, 0.3) is 0 Å². The normalized spacial score (nSPS) is 17.4. The zero-order chi connectivity index (χ0) is 13.8. The quantitative estimate of drug-likeness (QED) is 0.510. The topological polar surface area (TPSA) is 64.9 Å². The highest BCUT2D eigenvalue weighted by atomic mass is 35.5. The van der Waals surface area contributed by atoms with E-state index in [1.807, 2.05) is 0 Å². The average Bonchev–Trinajstić information content (AvgIpc) is 2.39. The number of piperidine rings is 1. The molecule has 0 saturated carbocycles. The van der Waals surface area contributed by atoms with Crippen molar-refractivity contribution in [1.82, 2.24) is 14.9 Å². The van der Waals surface area contributed by atoms with E-state index in [1.165, 1.54) is 0 Å². The fraction of sp³-hybridized carbons (Fsp3) is 0.583. The minimum Gasteiger partial charge on any atom is -0.367 e. The number of anilines is 1. The summed E-state index contributed by atoms with van der Waals surface area (Å²) in [5.41, 5.74) is 0.490. The van der Waals surface area contributed by atoms with Gasteiger partial charge in [-0.3, -0.25) is 0 Å². The number of hydrogen-bond donors (Lipinski definition) is 2. The van der Waals surface area contributed by atoms with Gasteiger partial charge in [0.25, 0.3) is 0 Å². The smallest absolute Gasteiger partial charge is 0.225 e. The van der Waals surface area contributed by atoms with Crippen LogP contribution in [0.2, 0.25) is 10.4 Å². The summed E-state index contributed by atoms with van der Waals surface area (Å²) >= 11 is 11.8. The molecule has 0 aliphatic carbocycles. The second-order valence-corrected chi connectivity index (χ2v) is 5.24. The van der Waals surface area contributed by atoms with E-state index in [1.54, 1.807) is 0 Å². The lowest BCUT2D eigenvalue weighted by Crippen LogP contribution is -2.39. The van der Waals surface area contributed by atoms with Crippen molar-refractivity contribution in [2.75, 3.05) is 25.0 Å². The molecule has 1 aromatic heterocycles. The molecule has 1 aliphatic heterocycles. The van der Waals surface area contributed by atoms with Gasteiger partial charge in [0.05, 0.1) is 5.56 Å². The van der Waals surface area contributed by atoms with Crippen molar-refractivity contribution in [2.45, 2.75) is 25.8 Å². The van der Waals surface area contributed by atoms with E-state index in [0.717, 1.165) is 38.7 Å². The first kappa shape index (κ1) is 14.5. The van der Waals surface area contributed by atoms with Crippen LogP contribution in [0.1, 0.15) is 25.3 Å². The summed E-state index contributed by atoms with van der Waals surface area (Å²) in [6.45, 7) is 5.40. The first-order valence-corrected chi connectivity index (χ1v) is 7.12. The van der Waals surface area contributed by atoms with E-state index >= 15 is 0 Å². The minimum atomic E-state index is 0.101. The van der Waals surface area contributed by atoms with E-state index in [-0.39, 0.29) is 10.4 Å². The maximum atomic E-state index is 7.39. The molecule has 0 spiro atoms. The summed E-state index contributed by atoms with van der Waals surface area (Å²) in [6.07, 6.45) is 3.25. The van der Waals surface area contributed by atoms with Gasteiger partial charge in [0.1, 0.15) is 11.0 Å². The average molecular weight is 302 g/mol. The standard InChI is InChI=1S/C12H17Cl2N5/c1-2-19-5-3-8(4-6-19)16-11-9(7-15)10(13)17-12(14)18-11/h7-8,15H,2-6H2,1H3,(H,16,17,18). The maximum Gasteiger partial charge on any atom is 0.225 e. The molecule has 2 rings (SSSR count). The van der Waals surface area contributed by atoms with Crippen LogP contribution in [-0.4, -0.2) is 46.8 Å². The fourth-order valence-corrected chi connectivity index (χ4v) is 2.68. The highest BCUT2D eigenvalue weighted by molar-refractivity contribution is 6.34. The lowest BCUT2D eigenvalue weighted by atomic mass is 10.0. The Bertz CT molecular complexity index is 458. The Hall–Kier alpha value is -0.910. The van der Waals surface area contributed by atoms with Crippen LogP contribution < -0.4 is 5.32 Å². The summed E-state index contributed by atoms with van der Waals surface area (Å²) in [4.78, 5) is 10.4. The van der Waals surface area contributed by atoms with Gasteiger partial charge in [-0.1, -0.05) is 18.5 Å². The van der Waals surface area contributed by atoms with Crippen molar-refractivity contribution in [3.63, 3.8) is 0 Å². The Balaban J connectivity index is 2.09. The van der Waals surface area contributed by atoms with E-state index in [4.69, 9.17) is 28.6 Å². The molecule has 0 radical (unpaired) electrons. The predicted molar refractivity (Wildman–Crippen MR) is 78.7 cm³/mol. The molecular formula is C12H17Cl2N5. The molecule has 2 heterocycles. The molecule has 0 amide bonds. The molecule has 104 valence electrons. The van der Waals surface area contributed by atoms with Gasteiger partial charge in [0.2, 0.25) is 5.28 Å². The second-order valence-electron chi connectivity index (χ2n) is 4.54. The van der Waals surface area contributed by atoms with Crippen LogP contribution in [0.15, 0.2) is 0 Å². The summed E-state index contributed by atoms with van der Waals surface area (Å²) in [7, 11) is 0. The Morgan fingerprint density at radius 1 is 1.37 bits per heavy atom. The molecule has 0 atom stereocenters. The lowest BCUT2D eigenvalue weighted by Gasteiger charge is -2.32. The van der Waals surface area contributed by atoms with Gasteiger partial charge in [-0.05, 0) is 31.0 Å². The third kappa shape index (κ3) is 3.55. The van der Waals surface area contributed by atoms with Gasteiger partial charge in [-0.15, -0.1) is 0 Å². The highest BCUT2D eigenvalue weighted by Crippen LogP contribution is 2.23. The van der Waals surface area contributed by atoms with Gasteiger partial charge in [-0.2, -0.15) is 0 Å². The zero-order valence-corrected chi connectivity index (χ0v) is 12.3. The van der Waals surface area contributed by atoms with Gasteiger partial charge in [0.15, 0.2) is 0 Å². The first-order valence-electron chi connectivity index (χ1n) is 6.36. The number of likely N-dealkylation sites (tertiary alicyclic amines) is 1. The molecule has 1 saturated heterocycles. The van der Waals surface area contributed by atoms with Crippen LogP contribution in [0.4, 0.5) is 5.82 Å². The molecule has 2 N–H and O–H groups in total. The Morgan fingerprint density at radius 2 is 2.05 bits per heavy atom. The highest BCUT2D eigenvalue weighted by Gasteiger charge is 2.20. The zero-order valence-electron chi connectivity index (χ0n) is 10.8. The number of rotatable bonds is 4. The molecule has 1 aromatic rings. The third-order valence-electron chi connectivity index (χ3n) is 3.39. The molecule has 0 unspecified atom stereocenters. The number of halogens is 2. The van der Waals surface area contributed by atoms with Crippen LogP contribution in [0.5, 0.6) is 0 Å². The van der Waals surface area contributed by atoms with Crippen molar-refractivity contribution in [3.8, 4) is 0 Å². The minimum absolute atomic E-state index is 0.101. The first-order chi connectivity index (χ1) is 9.13. The van der Waals surface area contributed by atoms with Gasteiger partial charge >= 0.3 is 0 Å². The van der Waals surface area contributed by atoms with Gasteiger partial charge in [-0.25, -0.2) is 9.97 Å². The number of nitrogens with zero attached hydrogens (tertiary/aromatic N) is 3. The molecule has 1 aliphatic rings. The number of nitrogens with one attached hydrogen (secondary N) is 2. The lowest BCUT2D eigenvalue weighted by molar-refractivity contribution is 0.229. The molecule has 0 bridgehead atoms. The Kier molecular flexibility index (Phi) is 4.96. The van der Waals surface area contributed by atoms with Crippen molar-refractivity contribution < 1.29 is 0 Å². The van der Waals surface area contributed by atoms with Crippen molar-refractivity contribution in [3.05, 3.63) is 16.0 Å². The largest absolute Gasteiger partial charge is 0.367 e. The molecular weight excluding hydrogens is 285 g/mol. The SMILES string of the molecule is CCN1CCC(Nc2nc(Cl)nc(Cl)c2C=N)CC1. The maximum absolute atomic E-state index is 7.39. The Morgan fingerprint density at radius 3 is 2.63 bits per heavy atom. The number of hydrogen-bond acceptors (Lipinski definition) is 5. The Labute approximate surface area is 122 Å². The summed E-state index contributed by atoms with van der Waals surface area (Å²) in [5.74, 6) is 0.551. The molecule has 5 nitrogen and oxygen atoms in total. The van der Waals surface area contributed by atoms with Crippen LogP contribution in [0, 0.1) is 5.41 Å². The fourth-order valence-electron chi connectivity index (χ4n) is 2.24. The molecule has 19 heavy (non-hydrogen) atoms. The summed E-state index contributed by atoms with van der Waals surface area (Å²) in [6, 6.07) is 0.337. The van der Waals surface area contributed by atoms with Crippen LogP contribution in [-0.2, 0) is 0 Å². The third-order valence-corrected chi connectivity index (χ3v) is 3.85. The van der Waals surface area contributed by atoms with E-state index < -0.39 is 0 Å². The van der Waals surface area contributed by atoms with E-state index in [9.17, 15) is 0 Å². The van der Waals surface area contributed by atoms with Crippen molar-refractivity contribution in [2.24, 2.45) is 0 Å². The number of aromatic nitrogens is 2. The monoisotopic (exact) mass is 301 g/mol. The predicted octanol–water partition coefficient (Wildman–Crippen LogP) is 2.68. The van der Waals surface area contributed by atoms with Gasteiger partial charge in [0, 0.05) is 25.3 Å². The van der Waals surface area contributed by atoms with E-state index in [2.05, 4.69) is 27.1 Å². The summed E-state index contributed by atoms with van der Waals surface area (Å²) < 4.78 is 0. The van der Waals surface area contributed by atoms with Crippen LogP contribution in [0.3, 0.4) is 0 Å². The van der Waals surface area contributed by atoms with Crippen molar-refractivity contribution in [1.29, 1.82) is 5.41 Å². The second kappa shape index (κ2) is 6.50. The van der Waals surface area contributed by atoms with Crippen molar-refractivity contribution >= 4 is 35.2 Å². The molecule has 0 aromatic carbocycles. The summed E-state index contributed by atoms with van der Waals surface area (Å²) in [5, 5.41) is 11.0. The van der Waals surface area contributed by atoms with Gasteiger partial charge < -0.3 is 15.6 Å². The molecule has 7 heteroatoms. The molecule has 1 fully saturated rings. The van der Waals surface area contributed by atoms with E-state index in [0.29, 0.717) is 17.4 Å². The van der Waals surface area contributed by atoms with Crippen LogP contribution >= 0.6 is 23.2 Å².